The third-order valence-electron chi connectivity index (χ3n) is 6.09. The highest BCUT2D eigenvalue weighted by atomic mass is 32.2. The molecule has 1 amide bonds. The minimum Gasteiger partial charge on any atom is -0.342 e. The van der Waals surface area contributed by atoms with Crippen molar-refractivity contribution in [2.24, 2.45) is 27.1 Å². The number of amides is 1. The van der Waals surface area contributed by atoms with E-state index >= 15 is 0 Å². The maximum atomic E-state index is 12.8. The molecule has 0 spiro atoms. The summed E-state index contributed by atoms with van der Waals surface area (Å²) in [7, 11) is 4.79. The Hall–Kier alpha value is -2.81. The van der Waals surface area contributed by atoms with Crippen LogP contribution in [0.4, 0.5) is 0 Å². The first-order valence-corrected chi connectivity index (χ1v) is 11.4. The molecular formula is C22H27N5O3S. The van der Waals surface area contributed by atoms with Crippen molar-refractivity contribution in [2.45, 2.75) is 24.4 Å². The molecule has 3 heterocycles. The molecule has 0 atom stereocenters. The van der Waals surface area contributed by atoms with Gasteiger partial charge in [0.1, 0.15) is 0 Å². The van der Waals surface area contributed by atoms with Gasteiger partial charge >= 0.3 is 5.69 Å². The average Bonchev–Trinajstić information content (AvgIpc) is 3.12. The summed E-state index contributed by atoms with van der Waals surface area (Å²) in [5.74, 6) is 0.947. The molecule has 9 heteroatoms. The molecule has 4 rings (SSSR count). The fourth-order valence-corrected chi connectivity index (χ4v) is 5.05. The van der Waals surface area contributed by atoms with Gasteiger partial charge in [-0.3, -0.25) is 18.7 Å². The highest BCUT2D eigenvalue weighted by molar-refractivity contribution is 7.99. The van der Waals surface area contributed by atoms with Crippen molar-refractivity contribution in [3.05, 3.63) is 56.7 Å². The number of carbonyl (C=O) groups excluding carboxylic acids is 1. The van der Waals surface area contributed by atoms with Crippen molar-refractivity contribution >= 4 is 28.8 Å². The molecule has 2 aromatic heterocycles. The van der Waals surface area contributed by atoms with E-state index in [0.29, 0.717) is 22.2 Å². The number of rotatable bonds is 5. The van der Waals surface area contributed by atoms with Crippen molar-refractivity contribution in [1.29, 1.82) is 0 Å². The van der Waals surface area contributed by atoms with E-state index in [1.165, 1.54) is 28.9 Å². The number of fused-ring (bicyclic) bond motifs is 1. The predicted octanol–water partition coefficient (Wildman–Crippen LogP) is 1.54. The lowest BCUT2D eigenvalue weighted by molar-refractivity contribution is -0.129. The lowest BCUT2D eigenvalue weighted by Crippen LogP contribution is -2.39. The second-order valence-electron chi connectivity index (χ2n) is 8.13. The lowest BCUT2D eigenvalue weighted by Gasteiger charge is -2.32. The summed E-state index contributed by atoms with van der Waals surface area (Å²) in [4.78, 5) is 43.8. The van der Waals surface area contributed by atoms with Crippen molar-refractivity contribution in [1.82, 2.24) is 23.6 Å². The van der Waals surface area contributed by atoms with Gasteiger partial charge in [0.05, 0.1) is 5.75 Å². The molecule has 31 heavy (non-hydrogen) atoms. The zero-order valence-electron chi connectivity index (χ0n) is 18.1. The van der Waals surface area contributed by atoms with Gasteiger partial charge in [-0.05, 0) is 30.7 Å². The van der Waals surface area contributed by atoms with E-state index in [1.54, 1.807) is 18.7 Å². The fraction of sp³-hybridized carbons (Fsp3) is 0.455. The molecule has 3 aromatic rings. The Kier molecular flexibility index (Phi) is 6.04. The first-order chi connectivity index (χ1) is 14.9. The molecule has 1 aliphatic rings. The van der Waals surface area contributed by atoms with Gasteiger partial charge in [0.2, 0.25) is 5.91 Å². The van der Waals surface area contributed by atoms with Crippen LogP contribution in [0.2, 0.25) is 0 Å². The fourth-order valence-electron chi connectivity index (χ4n) is 4.18. The van der Waals surface area contributed by atoms with Crippen molar-refractivity contribution in [3.63, 3.8) is 0 Å². The first-order valence-electron chi connectivity index (χ1n) is 10.4. The maximum Gasteiger partial charge on any atom is 0.332 e. The topological polar surface area (TPSA) is 82.1 Å². The van der Waals surface area contributed by atoms with E-state index in [4.69, 9.17) is 0 Å². The summed E-state index contributed by atoms with van der Waals surface area (Å²) in [5.41, 5.74) is 1.26. The van der Waals surface area contributed by atoms with E-state index in [2.05, 4.69) is 29.2 Å². The van der Waals surface area contributed by atoms with Crippen LogP contribution in [-0.2, 0) is 32.4 Å². The number of likely N-dealkylation sites (tertiary alicyclic amines) is 1. The minimum atomic E-state index is -0.415. The van der Waals surface area contributed by atoms with Crippen LogP contribution in [0.1, 0.15) is 18.4 Å². The predicted molar refractivity (Wildman–Crippen MR) is 121 cm³/mol. The number of aromatic nitrogens is 4. The number of imidazole rings is 1. The number of hydrogen-bond donors (Lipinski definition) is 0. The molecule has 0 aliphatic carbocycles. The molecule has 164 valence electrons. The van der Waals surface area contributed by atoms with Crippen LogP contribution in [0, 0.1) is 5.92 Å². The van der Waals surface area contributed by atoms with Gasteiger partial charge in [-0.25, -0.2) is 9.78 Å². The van der Waals surface area contributed by atoms with Gasteiger partial charge in [0, 0.05) is 34.2 Å². The van der Waals surface area contributed by atoms with Crippen LogP contribution in [0.25, 0.3) is 11.2 Å². The second kappa shape index (κ2) is 8.74. The van der Waals surface area contributed by atoms with Gasteiger partial charge < -0.3 is 9.47 Å². The minimum absolute atomic E-state index is 0.0806. The summed E-state index contributed by atoms with van der Waals surface area (Å²) in [5, 5.41) is 0.556. The van der Waals surface area contributed by atoms with Crippen molar-refractivity contribution in [3.8, 4) is 0 Å². The van der Waals surface area contributed by atoms with E-state index < -0.39 is 5.69 Å². The number of nitrogens with zero attached hydrogens (tertiary/aromatic N) is 5. The van der Waals surface area contributed by atoms with Crippen molar-refractivity contribution in [2.75, 3.05) is 18.8 Å². The smallest absolute Gasteiger partial charge is 0.332 e. The third kappa shape index (κ3) is 4.19. The quantitative estimate of drug-likeness (QED) is 0.561. The lowest BCUT2D eigenvalue weighted by atomic mass is 9.90. The molecule has 1 fully saturated rings. The molecule has 8 nitrogen and oxygen atoms in total. The summed E-state index contributed by atoms with van der Waals surface area (Å²) in [6, 6.07) is 10.5. The number of piperidine rings is 1. The largest absolute Gasteiger partial charge is 0.342 e. The van der Waals surface area contributed by atoms with E-state index in [-0.39, 0.29) is 17.2 Å². The highest BCUT2D eigenvalue weighted by Gasteiger charge is 2.24. The summed E-state index contributed by atoms with van der Waals surface area (Å²) >= 11 is 1.30. The molecule has 0 unspecified atom stereocenters. The zero-order chi connectivity index (χ0) is 22.1. The van der Waals surface area contributed by atoms with Crippen LogP contribution in [0.5, 0.6) is 0 Å². The molecule has 0 saturated carbocycles. The van der Waals surface area contributed by atoms with E-state index in [0.717, 1.165) is 36.9 Å². The maximum absolute atomic E-state index is 12.8. The number of carbonyl (C=O) groups is 1. The monoisotopic (exact) mass is 441 g/mol. The van der Waals surface area contributed by atoms with E-state index in [1.807, 2.05) is 11.0 Å². The standard InChI is InChI=1S/C22H27N5O3S/c1-24-18-19(25(2)22(30)26(3)20(18)29)23-21(24)31-14-17(28)27-11-9-16(10-12-27)13-15-7-5-4-6-8-15/h4-8,16H,9-14H2,1-3H3. The molecule has 0 bridgehead atoms. The molecule has 1 aromatic carbocycles. The molecule has 0 N–H and O–H groups in total. The Morgan fingerprint density at radius 2 is 1.71 bits per heavy atom. The summed E-state index contributed by atoms with van der Waals surface area (Å²) < 4.78 is 4.10. The van der Waals surface area contributed by atoms with E-state index in [9.17, 15) is 14.4 Å². The molecular weight excluding hydrogens is 414 g/mol. The zero-order valence-corrected chi connectivity index (χ0v) is 18.9. The van der Waals surface area contributed by atoms with Gasteiger partial charge in [0.15, 0.2) is 16.3 Å². The second-order valence-corrected chi connectivity index (χ2v) is 9.08. The van der Waals surface area contributed by atoms with Crippen LogP contribution in [0.3, 0.4) is 0 Å². The van der Waals surface area contributed by atoms with Gasteiger partial charge in [-0.2, -0.15) is 0 Å². The number of hydrogen-bond acceptors (Lipinski definition) is 5. The molecule has 1 saturated heterocycles. The summed E-state index contributed by atoms with van der Waals surface area (Å²) in [6.45, 7) is 1.54. The molecule has 0 radical (unpaired) electrons. The van der Waals surface area contributed by atoms with Crippen LogP contribution < -0.4 is 11.2 Å². The Morgan fingerprint density at radius 1 is 1.03 bits per heavy atom. The number of thioether (sulfide) groups is 1. The highest BCUT2D eigenvalue weighted by Crippen LogP contribution is 2.24. The number of aryl methyl sites for hydroxylation is 2. The number of benzene rings is 1. The van der Waals surface area contributed by atoms with Gasteiger partial charge in [-0.1, -0.05) is 42.1 Å². The Bertz CT molecular complexity index is 1220. The van der Waals surface area contributed by atoms with Gasteiger partial charge in [-0.15, -0.1) is 0 Å². The van der Waals surface area contributed by atoms with Crippen LogP contribution in [0.15, 0.2) is 45.1 Å². The Balaban J connectivity index is 1.38. The van der Waals surface area contributed by atoms with Crippen molar-refractivity contribution < 1.29 is 4.79 Å². The third-order valence-corrected chi connectivity index (χ3v) is 7.11. The Labute approximate surface area is 184 Å². The van der Waals surface area contributed by atoms with Crippen LogP contribution in [-0.4, -0.2) is 48.3 Å². The average molecular weight is 442 g/mol. The Morgan fingerprint density at radius 3 is 2.39 bits per heavy atom. The summed E-state index contributed by atoms with van der Waals surface area (Å²) in [6.07, 6.45) is 3.08. The molecule has 1 aliphatic heterocycles. The van der Waals surface area contributed by atoms with Crippen LogP contribution >= 0.6 is 11.8 Å². The first kappa shape index (κ1) is 21.4. The van der Waals surface area contributed by atoms with Gasteiger partial charge in [0.25, 0.3) is 5.56 Å². The normalized spacial score (nSPS) is 15.0. The SMILES string of the molecule is Cn1c(=O)c2c(nc(SCC(=O)N3CCC(Cc4ccccc4)CC3)n2C)n(C)c1=O.